The number of carbonyl (C=O) groups excluding carboxylic acids is 1. The van der Waals surface area contributed by atoms with Gasteiger partial charge in [0, 0.05) is 5.56 Å². The lowest BCUT2D eigenvalue weighted by molar-refractivity contribution is -0.414. The summed E-state index contributed by atoms with van der Waals surface area (Å²) in [7, 11) is 1.20. The third-order valence-electron chi connectivity index (χ3n) is 2.13. The second-order valence-corrected chi connectivity index (χ2v) is 3.20. The molecular weight excluding hydrogens is 223 g/mol. The van der Waals surface area contributed by atoms with E-state index in [9.17, 15) is 18.0 Å². The van der Waals surface area contributed by atoms with E-state index in [1.807, 2.05) is 0 Å². The van der Waals surface area contributed by atoms with Crippen molar-refractivity contribution in [2.45, 2.75) is 12.2 Å². The first-order valence-electron chi connectivity index (χ1n) is 4.44. The lowest BCUT2D eigenvalue weighted by atomic mass is 10.1. The van der Waals surface area contributed by atoms with Crippen molar-refractivity contribution in [3.8, 4) is 0 Å². The van der Waals surface area contributed by atoms with Gasteiger partial charge in [0.05, 0.1) is 12.7 Å². The van der Waals surface area contributed by atoms with Crippen LogP contribution in [0.1, 0.15) is 17.2 Å². The normalized spacial score (nSPS) is 13.3. The van der Waals surface area contributed by atoms with Gasteiger partial charge in [-0.1, -0.05) is 12.1 Å². The number of esters is 1. The highest BCUT2D eigenvalue weighted by Gasteiger charge is 2.30. The maximum atomic E-state index is 12.2. The maximum absolute atomic E-state index is 12.2. The molecule has 1 aromatic rings. The minimum absolute atomic E-state index is 0.389. The summed E-state index contributed by atoms with van der Waals surface area (Å²) < 4.78 is 41.2. The fourth-order valence-corrected chi connectivity index (χ4v) is 1.18. The summed E-state index contributed by atoms with van der Waals surface area (Å²) in [5.74, 6) is -0.584. The minimum atomic E-state index is -4.37. The summed E-state index contributed by atoms with van der Waals surface area (Å²) in [6, 6.07) is 3.45. The van der Waals surface area contributed by atoms with E-state index < -0.39 is 23.8 Å². The number of alkyl halides is 3. The molecule has 16 heavy (non-hydrogen) atoms. The van der Waals surface area contributed by atoms with Gasteiger partial charge in [-0.25, -0.2) is 4.79 Å². The van der Waals surface area contributed by atoms with Crippen molar-refractivity contribution in [1.29, 1.82) is 0 Å². The Balaban J connectivity index is 2.91. The van der Waals surface area contributed by atoms with Gasteiger partial charge < -0.3 is 10.5 Å². The minimum Gasteiger partial charge on any atom is -0.464 e. The monoisotopic (exact) mass is 234 g/mol. The van der Waals surface area contributed by atoms with Crippen LogP contribution < -0.4 is 5.73 Å². The molecule has 0 heterocycles. The van der Waals surface area contributed by atoms with Gasteiger partial charge in [0.25, 0.3) is 0 Å². The van der Waals surface area contributed by atoms with Gasteiger partial charge in [0.1, 0.15) is 0 Å². The molecule has 0 bridgehead atoms. The number of ether oxygens (including phenoxy) is 1. The lowest BCUT2D eigenvalue weighted by Gasteiger charge is -2.09. The predicted molar refractivity (Wildman–Crippen MR) is 49.1 cm³/mol. The number of hydrogen-bond acceptors (Lipinski definition) is 2. The zero-order valence-corrected chi connectivity index (χ0v) is 8.54. The second-order valence-electron chi connectivity index (χ2n) is 3.20. The first-order chi connectivity index (χ1) is 7.36. The van der Waals surface area contributed by atoms with E-state index in [0.717, 1.165) is 12.1 Å². The van der Waals surface area contributed by atoms with Gasteiger partial charge in [-0.15, -0.1) is 0 Å². The molecule has 1 rings (SSSR count). The number of quaternary nitrogens is 1. The van der Waals surface area contributed by atoms with Crippen molar-refractivity contribution in [3.63, 3.8) is 0 Å². The number of hydrogen-bond donors (Lipinski definition) is 1. The molecule has 0 aliphatic heterocycles. The van der Waals surface area contributed by atoms with Crippen LogP contribution in [-0.4, -0.2) is 13.1 Å². The van der Waals surface area contributed by atoms with Crippen molar-refractivity contribution in [3.05, 3.63) is 35.4 Å². The van der Waals surface area contributed by atoms with Crippen LogP contribution in [0.2, 0.25) is 0 Å². The first kappa shape index (κ1) is 12.5. The zero-order chi connectivity index (χ0) is 12.3. The molecule has 1 unspecified atom stereocenters. The Morgan fingerprint density at radius 1 is 1.31 bits per heavy atom. The van der Waals surface area contributed by atoms with Crippen LogP contribution in [0.25, 0.3) is 0 Å². The summed E-state index contributed by atoms with van der Waals surface area (Å²) in [5.41, 5.74) is 3.15. The van der Waals surface area contributed by atoms with Crippen LogP contribution in [0, 0.1) is 0 Å². The SMILES string of the molecule is COC(=O)C([NH3+])c1ccc(C(F)(F)F)cc1. The summed E-state index contributed by atoms with van der Waals surface area (Å²) >= 11 is 0. The first-order valence-corrected chi connectivity index (χ1v) is 4.44. The summed E-state index contributed by atoms with van der Waals surface area (Å²) in [6.07, 6.45) is -4.37. The maximum Gasteiger partial charge on any atom is 0.416 e. The molecule has 0 fully saturated rings. The van der Waals surface area contributed by atoms with Crippen LogP contribution >= 0.6 is 0 Å². The molecule has 0 aliphatic carbocycles. The molecule has 0 radical (unpaired) electrons. The van der Waals surface area contributed by atoms with Crippen molar-refractivity contribution >= 4 is 5.97 Å². The predicted octanol–water partition coefficient (Wildman–Crippen LogP) is 1.16. The van der Waals surface area contributed by atoms with E-state index in [4.69, 9.17) is 0 Å². The topological polar surface area (TPSA) is 53.9 Å². The van der Waals surface area contributed by atoms with Crippen molar-refractivity contribution in [2.75, 3.05) is 7.11 Å². The quantitative estimate of drug-likeness (QED) is 0.781. The van der Waals surface area contributed by atoms with Gasteiger partial charge >= 0.3 is 12.1 Å². The molecule has 0 aliphatic rings. The summed E-state index contributed by atoms with van der Waals surface area (Å²) in [5, 5.41) is 0. The van der Waals surface area contributed by atoms with E-state index in [-0.39, 0.29) is 0 Å². The third kappa shape index (κ3) is 2.73. The number of halogens is 3. The van der Waals surface area contributed by atoms with E-state index >= 15 is 0 Å². The standard InChI is InChI=1S/C10H10F3NO2/c1-16-9(15)8(14)6-2-4-7(5-3-6)10(11,12)13/h2-5,8H,14H2,1H3/p+1. The molecule has 0 amide bonds. The average Bonchev–Trinajstić information content (AvgIpc) is 2.26. The Morgan fingerprint density at radius 3 is 2.19 bits per heavy atom. The van der Waals surface area contributed by atoms with Crippen LogP contribution in [0.5, 0.6) is 0 Å². The smallest absolute Gasteiger partial charge is 0.416 e. The fourth-order valence-electron chi connectivity index (χ4n) is 1.18. The molecule has 1 atom stereocenters. The van der Waals surface area contributed by atoms with Gasteiger partial charge in [0.2, 0.25) is 6.04 Å². The van der Waals surface area contributed by atoms with E-state index in [2.05, 4.69) is 10.5 Å². The summed E-state index contributed by atoms with van der Waals surface area (Å²) in [4.78, 5) is 11.1. The second kappa shape index (κ2) is 4.52. The number of carbonyl (C=O) groups is 1. The largest absolute Gasteiger partial charge is 0.464 e. The molecule has 88 valence electrons. The number of rotatable bonds is 2. The highest BCUT2D eigenvalue weighted by molar-refractivity contribution is 5.75. The van der Waals surface area contributed by atoms with Crippen molar-refractivity contribution in [2.24, 2.45) is 0 Å². The lowest BCUT2D eigenvalue weighted by Crippen LogP contribution is -2.57. The average molecular weight is 234 g/mol. The highest BCUT2D eigenvalue weighted by Crippen LogP contribution is 2.29. The molecule has 3 N–H and O–H groups in total. The molecule has 6 heteroatoms. The van der Waals surface area contributed by atoms with Crippen LogP contribution in [0.3, 0.4) is 0 Å². The van der Waals surface area contributed by atoms with Crippen LogP contribution in [0.15, 0.2) is 24.3 Å². The molecule has 0 saturated carbocycles. The molecule has 0 saturated heterocycles. The Bertz CT molecular complexity index is 373. The highest BCUT2D eigenvalue weighted by atomic mass is 19.4. The van der Waals surface area contributed by atoms with Gasteiger partial charge in [-0.3, -0.25) is 0 Å². The zero-order valence-electron chi connectivity index (χ0n) is 8.54. The number of benzene rings is 1. The van der Waals surface area contributed by atoms with E-state index in [0.29, 0.717) is 5.56 Å². The third-order valence-corrected chi connectivity index (χ3v) is 2.13. The van der Waals surface area contributed by atoms with Crippen molar-refractivity contribution < 1.29 is 28.4 Å². The molecule has 0 spiro atoms. The van der Waals surface area contributed by atoms with Gasteiger partial charge in [0.15, 0.2) is 0 Å². The van der Waals surface area contributed by atoms with Gasteiger partial charge in [-0.2, -0.15) is 13.2 Å². The molecule has 3 nitrogen and oxygen atoms in total. The van der Waals surface area contributed by atoms with E-state index in [1.165, 1.54) is 19.2 Å². The van der Waals surface area contributed by atoms with Gasteiger partial charge in [-0.05, 0) is 12.1 Å². The Labute approximate surface area is 90.0 Å². The molecular formula is C10H11F3NO2+. The van der Waals surface area contributed by atoms with E-state index in [1.54, 1.807) is 0 Å². The molecule has 1 aromatic carbocycles. The Morgan fingerprint density at radius 2 is 1.81 bits per heavy atom. The Kier molecular flexibility index (Phi) is 3.54. The number of methoxy groups -OCH3 is 1. The Hall–Kier alpha value is -1.56. The fraction of sp³-hybridized carbons (Fsp3) is 0.300. The molecule has 0 aromatic heterocycles. The van der Waals surface area contributed by atoms with Crippen LogP contribution in [-0.2, 0) is 15.7 Å². The summed E-state index contributed by atoms with van der Waals surface area (Å²) in [6.45, 7) is 0. The van der Waals surface area contributed by atoms with Crippen LogP contribution in [0.4, 0.5) is 13.2 Å². The van der Waals surface area contributed by atoms with Crippen molar-refractivity contribution in [1.82, 2.24) is 0 Å².